The van der Waals surface area contributed by atoms with Gasteiger partial charge >= 0.3 is 0 Å². The molecule has 1 amide bonds. The van der Waals surface area contributed by atoms with Crippen LogP contribution in [0.25, 0.3) is 0 Å². The lowest BCUT2D eigenvalue weighted by Gasteiger charge is -2.25. The molecule has 0 saturated carbocycles. The van der Waals surface area contributed by atoms with Crippen LogP contribution in [0.3, 0.4) is 0 Å². The van der Waals surface area contributed by atoms with E-state index >= 15 is 0 Å². The summed E-state index contributed by atoms with van der Waals surface area (Å²) in [7, 11) is 0. The third-order valence-electron chi connectivity index (χ3n) is 3.59. The van der Waals surface area contributed by atoms with Gasteiger partial charge in [-0.05, 0) is 44.4 Å². The van der Waals surface area contributed by atoms with Crippen molar-refractivity contribution in [2.75, 3.05) is 0 Å². The van der Waals surface area contributed by atoms with Gasteiger partial charge in [-0.2, -0.15) is 0 Å². The van der Waals surface area contributed by atoms with Crippen molar-refractivity contribution in [1.82, 2.24) is 5.32 Å². The van der Waals surface area contributed by atoms with Crippen LogP contribution >= 0.6 is 15.9 Å². The van der Waals surface area contributed by atoms with Crippen LogP contribution in [0.15, 0.2) is 28.7 Å². The second kappa shape index (κ2) is 5.02. The zero-order valence-corrected chi connectivity index (χ0v) is 12.3. The largest absolute Gasteiger partial charge is 0.369 e. The molecule has 0 aliphatic carbocycles. The molecule has 1 aliphatic heterocycles. The first-order valence-electron chi connectivity index (χ1n) is 6.21. The van der Waals surface area contributed by atoms with Gasteiger partial charge in [-0.1, -0.05) is 28.1 Å². The maximum Gasteiger partial charge on any atom is 0.226 e. The van der Waals surface area contributed by atoms with Gasteiger partial charge in [-0.3, -0.25) is 4.79 Å². The number of benzene rings is 1. The van der Waals surface area contributed by atoms with Crippen LogP contribution in [0, 0.1) is 0 Å². The van der Waals surface area contributed by atoms with E-state index in [1.54, 1.807) is 0 Å². The quantitative estimate of drug-likeness (QED) is 0.901. The fraction of sp³-hybridized carbons (Fsp3) is 0.500. The summed E-state index contributed by atoms with van der Waals surface area (Å²) >= 11 is 3.40. The molecule has 0 aromatic heterocycles. The number of rotatable bonds is 3. The average Bonchev–Trinajstić information content (AvgIpc) is 2.61. The van der Waals surface area contributed by atoms with Crippen molar-refractivity contribution < 1.29 is 4.79 Å². The normalized spacial score (nSPS) is 23.8. The van der Waals surface area contributed by atoms with Crippen molar-refractivity contribution in [3.63, 3.8) is 0 Å². The van der Waals surface area contributed by atoms with E-state index in [0.717, 1.165) is 22.9 Å². The molecular formula is C14H19BrN2O. The standard InChI is InChI=1S/C14H19BrN2O/c1-14(2)8-7-11(17-14)12(13(16)18)9-3-5-10(15)6-4-9/h3-6,11-12,17H,7-8H2,1-2H3,(H2,16,18)/t11-,12-/m0/s1. The Hall–Kier alpha value is -0.870. The smallest absolute Gasteiger partial charge is 0.226 e. The van der Waals surface area contributed by atoms with Crippen LogP contribution in [-0.2, 0) is 4.79 Å². The highest BCUT2D eigenvalue weighted by Gasteiger charge is 2.37. The fourth-order valence-electron chi connectivity index (χ4n) is 2.68. The van der Waals surface area contributed by atoms with Gasteiger partial charge in [0.15, 0.2) is 0 Å². The van der Waals surface area contributed by atoms with Crippen LogP contribution in [0.2, 0.25) is 0 Å². The first-order chi connectivity index (χ1) is 8.39. The molecule has 0 radical (unpaired) electrons. The molecule has 1 heterocycles. The minimum absolute atomic E-state index is 0.0910. The zero-order valence-electron chi connectivity index (χ0n) is 10.7. The molecule has 18 heavy (non-hydrogen) atoms. The molecule has 4 heteroatoms. The van der Waals surface area contributed by atoms with E-state index in [4.69, 9.17) is 5.73 Å². The summed E-state index contributed by atoms with van der Waals surface area (Å²) in [4.78, 5) is 11.8. The van der Waals surface area contributed by atoms with Crippen molar-refractivity contribution in [2.45, 2.75) is 44.2 Å². The number of amides is 1. The minimum Gasteiger partial charge on any atom is -0.369 e. The summed E-state index contributed by atoms with van der Waals surface area (Å²) in [5.41, 5.74) is 6.66. The predicted octanol–water partition coefficient (Wildman–Crippen LogP) is 2.55. The van der Waals surface area contributed by atoms with E-state index in [1.165, 1.54) is 0 Å². The van der Waals surface area contributed by atoms with Crippen LogP contribution in [0.5, 0.6) is 0 Å². The summed E-state index contributed by atoms with van der Waals surface area (Å²) in [6, 6.07) is 7.97. The summed E-state index contributed by atoms with van der Waals surface area (Å²) in [5.74, 6) is -0.507. The second-order valence-electron chi connectivity index (χ2n) is 5.60. The van der Waals surface area contributed by atoms with E-state index in [0.29, 0.717) is 0 Å². The maximum absolute atomic E-state index is 11.8. The second-order valence-corrected chi connectivity index (χ2v) is 6.52. The number of primary amides is 1. The molecule has 3 N–H and O–H groups in total. The first-order valence-corrected chi connectivity index (χ1v) is 7.01. The van der Waals surface area contributed by atoms with Crippen molar-refractivity contribution in [3.05, 3.63) is 34.3 Å². The van der Waals surface area contributed by atoms with Crippen molar-refractivity contribution >= 4 is 21.8 Å². The summed E-state index contributed by atoms with van der Waals surface area (Å²) in [6.45, 7) is 4.32. The number of halogens is 1. The van der Waals surface area contributed by atoms with Crippen LogP contribution < -0.4 is 11.1 Å². The average molecular weight is 311 g/mol. The Morgan fingerprint density at radius 3 is 2.50 bits per heavy atom. The predicted molar refractivity (Wildman–Crippen MR) is 76.3 cm³/mol. The summed E-state index contributed by atoms with van der Waals surface area (Å²) in [6.07, 6.45) is 2.05. The molecule has 1 aliphatic rings. The molecule has 0 unspecified atom stereocenters. The highest BCUT2D eigenvalue weighted by Crippen LogP contribution is 2.32. The molecule has 2 rings (SSSR count). The van der Waals surface area contributed by atoms with E-state index in [2.05, 4.69) is 35.1 Å². The molecule has 98 valence electrons. The lowest BCUT2D eigenvalue weighted by Crippen LogP contribution is -2.43. The molecule has 2 atom stereocenters. The SMILES string of the molecule is CC1(C)CC[C@@H]([C@@H](C(N)=O)c2ccc(Br)cc2)N1. The van der Waals surface area contributed by atoms with Gasteiger partial charge in [0, 0.05) is 16.1 Å². The van der Waals surface area contributed by atoms with Gasteiger partial charge in [0.05, 0.1) is 5.92 Å². The molecule has 3 nitrogen and oxygen atoms in total. The number of hydrogen-bond acceptors (Lipinski definition) is 2. The topological polar surface area (TPSA) is 55.1 Å². The van der Waals surface area contributed by atoms with Crippen LogP contribution in [-0.4, -0.2) is 17.5 Å². The lowest BCUT2D eigenvalue weighted by molar-refractivity contribution is -0.120. The highest BCUT2D eigenvalue weighted by molar-refractivity contribution is 9.10. The molecule has 0 spiro atoms. The van der Waals surface area contributed by atoms with Crippen molar-refractivity contribution in [2.24, 2.45) is 5.73 Å². The summed E-state index contributed by atoms with van der Waals surface area (Å²) in [5, 5.41) is 3.51. The summed E-state index contributed by atoms with van der Waals surface area (Å²) < 4.78 is 1.01. The monoisotopic (exact) mass is 310 g/mol. The Morgan fingerprint density at radius 1 is 1.44 bits per heavy atom. The molecular weight excluding hydrogens is 292 g/mol. The van der Waals surface area contributed by atoms with Crippen molar-refractivity contribution in [1.29, 1.82) is 0 Å². The zero-order chi connectivity index (χ0) is 13.3. The Balaban J connectivity index is 2.24. The Morgan fingerprint density at radius 2 is 2.06 bits per heavy atom. The molecule has 1 saturated heterocycles. The fourth-order valence-corrected chi connectivity index (χ4v) is 2.94. The van der Waals surface area contributed by atoms with Gasteiger partial charge in [0.25, 0.3) is 0 Å². The number of carbonyl (C=O) groups excluding carboxylic acids is 1. The van der Waals surface area contributed by atoms with Gasteiger partial charge < -0.3 is 11.1 Å². The van der Waals surface area contributed by atoms with Gasteiger partial charge in [0.1, 0.15) is 0 Å². The molecule has 0 bridgehead atoms. The van der Waals surface area contributed by atoms with E-state index in [-0.39, 0.29) is 23.4 Å². The van der Waals surface area contributed by atoms with Gasteiger partial charge in [-0.25, -0.2) is 0 Å². The van der Waals surface area contributed by atoms with E-state index in [1.807, 2.05) is 24.3 Å². The third kappa shape index (κ3) is 2.93. The Bertz CT molecular complexity index is 442. The number of hydrogen-bond donors (Lipinski definition) is 2. The van der Waals surface area contributed by atoms with Crippen LogP contribution in [0.4, 0.5) is 0 Å². The minimum atomic E-state index is -0.257. The van der Waals surface area contributed by atoms with E-state index < -0.39 is 0 Å². The molecule has 1 aromatic carbocycles. The first kappa shape index (κ1) is 13.6. The molecule has 1 aromatic rings. The third-order valence-corrected chi connectivity index (χ3v) is 4.12. The Labute approximate surface area is 116 Å². The Kier molecular flexibility index (Phi) is 3.78. The van der Waals surface area contributed by atoms with E-state index in [9.17, 15) is 4.79 Å². The number of nitrogens with one attached hydrogen (secondary N) is 1. The number of nitrogens with two attached hydrogens (primary N) is 1. The van der Waals surface area contributed by atoms with Crippen molar-refractivity contribution in [3.8, 4) is 0 Å². The van der Waals surface area contributed by atoms with Gasteiger partial charge in [-0.15, -0.1) is 0 Å². The lowest BCUT2D eigenvalue weighted by atomic mass is 9.90. The van der Waals surface area contributed by atoms with Crippen LogP contribution in [0.1, 0.15) is 38.2 Å². The maximum atomic E-state index is 11.8. The highest BCUT2D eigenvalue weighted by atomic mass is 79.9. The molecule has 1 fully saturated rings. The number of carbonyl (C=O) groups is 1. The van der Waals surface area contributed by atoms with Gasteiger partial charge in [0.2, 0.25) is 5.91 Å².